The van der Waals surface area contributed by atoms with Gasteiger partial charge in [-0.2, -0.15) is 0 Å². The standard InChI is InChI=1S/C26H29FN4O4S2/c1-36-24(31-25(28)37-2)23-29-13-20(30-23)26(32)22(27)21(34-15-18-11-7-4-8-12-18)19(35-26)16-33-14-17-9-5-3-6-10-17/h3-13,19,21-22,28,32H,14-16H2,1-2H3,(H,29,30)/b28-25?,31-24+/t19-,21-,22-,26+/m1/s1. The largest absolute Gasteiger partial charge is 0.374 e. The van der Waals surface area contributed by atoms with E-state index in [9.17, 15) is 5.11 Å². The molecule has 3 N–H and O–H groups in total. The molecule has 4 atom stereocenters. The summed E-state index contributed by atoms with van der Waals surface area (Å²) in [7, 11) is 0. The van der Waals surface area contributed by atoms with Crippen LogP contribution in [-0.4, -0.2) is 62.8 Å². The smallest absolute Gasteiger partial charge is 0.244 e. The van der Waals surface area contributed by atoms with Crippen LogP contribution < -0.4 is 0 Å². The Morgan fingerprint density at radius 3 is 2.38 bits per heavy atom. The number of thioether (sulfide) groups is 2. The van der Waals surface area contributed by atoms with Crippen LogP contribution in [0.4, 0.5) is 4.39 Å². The highest BCUT2D eigenvalue weighted by Crippen LogP contribution is 2.41. The van der Waals surface area contributed by atoms with Gasteiger partial charge in [0.15, 0.2) is 17.2 Å². The number of halogens is 1. The lowest BCUT2D eigenvalue weighted by Gasteiger charge is -2.23. The molecule has 1 aliphatic rings. The number of aliphatic imine (C=N–C) groups is 1. The van der Waals surface area contributed by atoms with Gasteiger partial charge in [-0.1, -0.05) is 72.4 Å². The molecule has 4 rings (SSSR count). The van der Waals surface area contributed by atoms with E-state index in [1.807, 2.05) is 60.7 Å². The number of hydrogen-bond donors (Lipinski definition) is 3. The average Bonchev–Trinajstić information content (AvgIpc) is 3.51. The first-order valence-corrected chi connectivity index (χ1v) is 14.0. The molecule has 1 aromatic heterocycles. The Hall–Kier alpha value is -2.54. The Bertz CT molecular complexity index is 1200. The highest BCUT2D eigenvalue weighted by molar-refractivity contribution is 8.15. The second-order valence-corrected chi connectivity index (χ2v) is 9.88. The minimum atomic E-state index is -2.33. The van der Waals surface area contributed by atoms with E-state index in [0.717, 1.165) is 11.1 Å². The molecule has 1 aliphatic heterocycles. The Labute approximate surface area is 223 Å². The SMILES string of the molecule is CSC(=N)/N=C(/SC)c1ncc([C@]2(O)O[C@H](COCc3ccccc3)[C@@H](OCc3ccccc3)[C@H]2F)[nH]1. The number of amidine groups is 1. The molecular formula is C26H29FN4O4S2. The molecule has 2 heterocycles. The number of benzene rings is 2. The number of ether oxygens (including phenoxy) is 3. The first kappa shape index (κ1) is 27.5. The number of alkyl halides is 1. The Morgan fingerprint density at radius 1 is 1.11 bits per heavy atom. The summed E-state index contributed by atoms with van der Waals surface area (Å²) >= 11 is 2.46. The lowest BCUT2D eigenvalue weighted by molar-refractivity contribution is -0.231. The van der Waals surface area contributed by atoms with Crippen LogP contribution in [0.2, 0.25) is 0 Å². The molecule has 0 spiro atoms. The van der Waals surface area contributed by atoms with Crippen molar-refractivity contribution in [3.05, 3.63) is 89.5 Å². The Kier molecular flexibility index (Phi) is 9.52. The van der Waals surface area contributed by atoms with Crippen LogP contribution >= 0.6 is 23.5 Å². The summed E-state index contributed by atoms with van der Waals surface area (Å²) in [5.41, 5.74) is 1.87. The number of nitrogens with one attached hydrogen (secondary N) is 2. The van der Waals surface area contributed by atoms with E-state index in [4.69, 9.17) is 19.6 Å². The molecule has 196 valence electrons. The van der Waals surface area contributed by atoms with Gasteiger partial charge in [0.2, 0.25) is 5.79 Å². The third-order valence-electron chi connectivity index (χ3n) is 5.79. The summed E-state index contributed by atoms with van der Waals surface area (Å²) in [5, 5.41) is 19.7. The van der Waals surface area contributed by atoms with Crippen molar-refractivity contribution in [3.63, 3.8) is 0 Å². The van der Waals surface area contributed by atoms with Crippen LogP contribution in [0.5, 0.6) is 0 Å². The number of hydrogen-bond acceptors (Lipinski definition) is 8. The number of aliphatic hydroxyl groups is 1. The summed E-state index contributed by atoms with van der Waals surface area (Å²) in [4.78, 5) is 11.4. The summed E-state index contributed by atoms with van der Waals surface area (Å²) in [5.74, 6) is -2.03. The zero-order valence-electron chi connectivity index (χ0n) is 20.5. The Morgan fingerprint density at radius 2 is 1.76 bits per heavy atom. The van der Waals surface area contributed by atoms with Gasteiger partial charge in [-0.25, -0.2) is 14.4 Å². The summed E-state index contributed by atoms with van der Waals surface area (Å²) < 4.78 is 33.6. The van der Waals surface area contributed by atoms with E-state index < -0.39 is 24.2 Å². The number of aromatic amines is 1. The fraction of sp³-hybridized carbons (Fsp3) is 0.346. The van der Waals surface area contributed by atoms with E-state index in [1.54, 1.807) is 12.5 Å². The minimum absolute atomic E-state index is 0.0144. The van der Waals surface area contributed by atoms with Gasteiger partial charge in [0.25, 0.3) is 0 Å². The van der Waals surface area contributed by atoms with Crippen LogP contribution in [0.25, 0.3) is 0 Å². The van der Waals surface area contributed by atoms with E-state index >= 15 is 4.39 Å². The number of imidazole rings is 1. The van der Waals surface area contributed by atoms with Gasteiger partial charge in [0, 0.05) is 0 Å². The van der Waals surface area contributed by atoms with Crippen LogP contribution in [0, 0.1) is 5.41 Å². The second-order valence-electron chi connectivity index (χ2n) is 8.29. The van der Waals surface area contributed by atoms with Crippen LogP contribution in [-0.2, 0) is 33.2 Å². The monoisotopic (exact) mass is 544 g/mol. The number of H-pyrrole nitrogens is 1. The molecule has 0 radical (unpaired) electrons. The quantitative estimate of drug-likeness (QED) is 0.269. The number of rotatable bonds is 9. The lowest BCUT2D eigenvalue weighted by atomic mass is 10.0. The average molecular weight is 545 g/mol. The van der Waals surface area contributed by atoms with Gasteiger partial charge in [-0.15, -0.1) is 11.8 Å². The summed E-state index contributed by atoms with van der Waals surface area (Å²) in [6, 6.07) is 19.0. The number of aromatic nitrogens is 2. The Balaban J connectivity index is 1.54. The maximum absolute atomic E-state index is 15.9. The minimum Gasteiger partial charge on any atom is -0.374 e. The molecule has 2 aromatic carbocycles. The molecule has 11 heteroatoms. The lowest BCUT2D eigenvalue weighted by Crippen LogP contribution is -2.39. The zero-order chi connectivity index (χ0) is 26.3. The van der Waals surface area contributed by atoms with Gasteiger partial charge in [0.1, 0.15) is 17.3 Å². The predicted molar refractivity (Wildman–Crippen MR) is 145 cm³/mol. The predicted octanol–water partition coefficient (Wildman–Crippen LogP) is 4.50. The van der Waals surface area contributed by atoms with E-state index in [0.29, 0.717) is 17.5 Å². The molecule has 3 aromatic rings. The first-order valence-electron chi connectivity index (χ1n) is 11.6. The molecule has 0 bridgehead atoms. The first-order chi connectivity index (χ1) is 17.9. The molecule has 1 saturated heterocycles. The normalized spacial score (nSPS) is 23.9. The molecule has 0 amide bonds. The molecule has 0 saturated carbocycles. The van der Waals surface area contributed by atoms with Gasteiger partial charge >= 0.3 is 0 Å². The van der Waals surface area contributed by atoms with Crippen LogP contribution in [0.3, 0.4) is 0 Å². The topological polar surface area (TPSA) is 113 Å². The van der Waals surface area contributed by atoms with Crippen molar-refractivity contribution >= 4 is 33.7 Å². The van der Waals surface area contributed by atoms with Gasteiger partial charge < -0.3 is 24.3 Å². The van der Waals surface area contributed by atoms with E-state index in [2.05, 4.69) is 15.0 Å². The number of nitrogens with zero attached hydrogens (tertiary/aromatic N) is 2. The molecule has 0 aliphatic carbocycles. The summed E-state index contributed by atoms with van der Waals surface area (Å²) in [6.07, 6.45) is 0.965. The zero-order valence-corrected chi connectivity index (χ0v) is 22.1. The third-order valence-corrected chi connectivity index (χ3v) is 6.94. The van der Waals surface area contributed by atoms with Crippen molar-refractivity contribution in [1.82, 2.24) is 9.97 Å². The second kappa shape index (κ2) is 12.8. The van der Waals surface area contributed by atoms with E-state index in [-0.39, 0.29) is 24.1 Å². The van der Waals surface area contributed by atoms with Gasteiger partial charge in [-0.3, -0.25) is 5.41 Å². The third kappa shape index (κ3) is 6.67. The summed E-state index contributed by atoms with van der Waals surface area (Å²) in [6.45, 7) is 0.472. The van der Waals surface area contributed by atoms with Crippen molar-refractivity contribution in [3.8, 4) is 0 Å². The van der Waals surface area contributed by atoms with Crippen molar-refractivity contribution < 1.29 is 23.7 Å². The highest BCUT2D eigenvalue weighted by Gasteiger charge is 2.58. The maximum Gasteiger partial charge on any atom is 0.244 e. The highest BCUT2D eigenvalue weighted by atomic mass is 32.2. The molecular weight excluding hydrogens is 515 g/mol. The molecule has 8 nitrogen and oxygen atoms in total. The van der Waals surface area contributed by atoms with Crippen molar-refractivity contribution in [2.75, 3.05) is 19.1 Å². The molecule has 0 unspecified atom stereocenters. The van der Waals surface area contributed by atoms with Gasteiger partial charge in [0.05, 0.1) is 31.7 Å². The van der Waals surface area contributed by atoms with Crippen LogP contribution in [0.15, 0.2) is 71.9 Å². The van der Waals surface area contributed by atoms with Crippen molar-refractivity contribution in [1.29, 1.82) is 5.41 Å². The van der Waals surface area contributed by atoms with Crippen molar-refractivity contribution in [2.24, 2.45) is 4.99 Å². The fourth-order valence-corrected chi connectivity index (χ4v) is 4.61. The van der Waals surface area contributed by atoms with Crippen molar-refractivity contribution in [2.45, 2.75) is 37.4 Å². The van der Waals surface area contributed by atoms with Gasteiger partial charge in [-0.05, 0) is 23.6 Å². The van der Waals surface area contributed by atoms with E-state index in [1.165, 1.54) is 29.7 Å². The molecule has 1 fully saturated rings. The van der Waals surface area contributed by atoms with Crippen LogP contribution in [0.1, 0.15) is 22.6 Å². The maximum atomic E-state index is 15.9. The molecule has 37 heavy (non-hydrogen) atoms. The fourth-order valence-electron chi connectivity index (χ4n) is 3.89.